The Bertz CT molecular complexity index is 1380. The van der Waals surface area contributed by atoms with E-state index in [2.05, 4.69) is 0 Å². The van der Waals surface area contributed by atoms with Crippen molar-refractivity contribution < 1.29 is 29.3 Å². The molecule has 3 aromatic rings. The summed E-state index contributed by atoms with van der Waals surface area (Å²) in [6.45, 7) is 2.07. The van der Waals surface area contributed by atoms with Gasteiger partial charge in [0.1, 0.15) is 11.5 Å². The monoisotopic (exact) mass is 522 g/mol. The number of ketones is 1. The molecule has 1 atom stereocenters. The van der Waals surface area contributed by atoms with Gasteiger partial charge < -0.3 is 24.6 Å². The maximum Gasteiger partial charge on any atom is 0.300 e. The number of hydrogen-bond acceptors (Lipinski definition) is 7. The predicted molar refractivity (Wildman–Crippen MR) is 143 cm³/mol. The van der Waals surface area contributed by atoms with Crippen LogP contribution in [0, 0.1) is 0 Å². The van der Waals surface area contributed by atoms with E-state index in [4.69, 9.17) is 21.1 Å². The summed E-state index contributed by atoms with van der Waals surface area (Å²) in [5, 5.41) is 21.8. The highest BCUT2D eigenvalue weighted by Crippen LogP contribution is 2.45. The lowest BCUT2D eigenvalue weighted by atomic mass is 9.94. The van der Waals surface area contributed by atoms with Crippen LogP contribution in [0.2, 0.25) is 5.02 Å². The molecule has 1 unspecified atom stereocenters. The molecule has 0 bridgehead atoms. The lowest BCUT2D eigenvalue weighted by molar-refractivity contribution is -0.132. The number of anilines is 2. The van der Waals surface area contributed by atoms with Crippen LogP contribution in [0.3, 0.4) is 0 Å². The Morgan fingerprint density at radius 2 is 1.76 bits per heavy atom. The summed E-state index contributed by atoms with van der Waals surface area (Å²) in [5.41, 5.74) is 1.82. The number of phenolic OH excluding ortho intramolecular Hbond substituents is 1. The van der Waals surface area contributed by atoms with Gasteiger partial charge in [0, 0.05) is 31.0 Å². The Kier molecular flexibility index (Phi) is 7.31. The number of halogens is 1. The van der Waals surface area contributed by atoms with E-state index in [9.17, 15) is 19.8 Å². The number of carbonyl (C=O) groups excluding carboxylic acids is 2. The Morgan fingerprint density at radius 3 is 2.38 bits per heavy atom. The van der Waals surface area contributed by atoms with E-state index in [1.54, 1.807) is 37.3 Å². The normalized spacial score (nSPS) is 16.7. The lowest BCUT2D eigenvalue weighted by Gasteiger charge is -2.26. The highest BCUT2D eigenvalue weighted by Gasteiger charge is 2.47. The summed E-state index contributed by atoms with van der Waals surface area (Å²) in [5.74, 6) is -1.61. The van der Waals surface area contributed by atoms with E-state index in [-0.39, 0.29) is 27.7 Å². The van der Waals surface area contributed by atoms with Crippen LogP contribution in [0.5, 0.6) is 17.2 Å². The molecule has 3 aromatic carbocycles. The molecule has 1 aliphatic heterocycles. The van der Waals surface area contributed by atoms with Crippen LogP contribution in [0.4, 0.5) is 11.4 Å². The molecule has 0 spiro atoms. The molecule has 1 aliphatic rings. The van der Waals surface area contributed by atoms with Crippen molar-refractivity contribution in [2.24, 2.45) is 0 Å². The number of rotatable bonds is 7. The molecule has 0 aliphatic carbocycles. The Labute approximate surface area is 219 Å². The van der Waals surface area contributed by atoms with E-state index in [1.807, 2.05) is 31.1 Å². The Morgan fingerprint density at radius 1 is 1.05 bits per heavy atom. The molecular weight excluding hydrogens is 496 g/mol. The minimum absolute atomic E-state index is 0.0891. The van der Waals surface area contributed by atoms with Crippen molar-refractivity contribution in [3.8, 4) is 17.2 Å². The van der Waals surface area contributed by atoms with Crippen LogP contribution in [0.1, 0.15) is 24.1 Å². The molecule has 192 valence electrons. The zero-order valence-electron chi connectivity index (χ0n) is 20.9. The number of ether oxygens (including phenoxy) is 2. The zero-order chi connectivity index (χ0) is 26.9. The second kappa shape index (κ2) is 10.4. The number of carbonyl (C=O) groups is 2. The van der Waals surface area contributed by atoms with Gasteiger partial charge in [0.05, 0.1) is 30.4 Å². The second-order valence-corrected chi connectivity index (χ2v) is 8.99. The van der Waals surface area contributed by atoms with Crippen LogP contribution < -0.4 is 19.3 Å². The number of hydrogen-bond donors (Lipinski definition) is 2. The van der Waals surface area contributed by atoms with Gasteiger partial charge >= 0.3 is 0 Å². The fraction of sp³-hybridized carbons (Fsp3) is 0.214. The van der Waals surface area contributed by atoms with Crippen LogP contribution in [-0.4, -0.2) is 49.7 Å². The molecule has 1 fully saturated rings. The van der Waals surface area contributed by atoms with E-state index < -0.39 is 23.5 Å². The van der Waals surface area contributed by atoms with Gasteiger partial charge in [0.25, 0.3) is 11.7 Å². The Balaban J connectivity index is 1.97. The van der Waals surface area contributed by atoms with Gasteiger partial charge in [-0.1, -0.05) is 17.7 Å². The number of nitrogens with zero attached hydrogens (tertiary/aromatic N) is 2. The lowest BCUT2D eigenvalue weighted by Crippen LogP contribution is -2.29. The van der Waals surface area contributed by atoms with E-state index in [1.165, 1.54) is 30.2 Å². The van der Waals surface area contributed by atoms with Crippen molar-refractivity contribution in [3.63, 3.8) is 0 Å². The predicted octanol–water partition coefficient (Wildman–Crippen LogP) is 5.15. The molecular formula is C28H27ClN2O6. The minimum atomic E-state index is -1.02. The van der Waals surface area contributed by atoms with Crippen LogP contribution in [0.25, 0.3) is 5.76 Å². The first-order valence-electron chi connectivity index (χ1n) is 11.6. The number of aliphatic hydroxyl groups is 1. The van der Waals surface area contributed by atoms with E-state index >= 15 is 0 Å². The van der Waals surface area contributed by atoms with Gasteiger partial charge in [-0.2, -0.15) is 0 Å². The number of aliphatic hydroxyl groups excluding tert-OH is 1. The van der Waals surface area contributed by atoms with E-state index in [0.29, 0.717) is 23.6 Å². The molecule has 0 saturated carbocycles. The fourth-order valence-corrected chi connectivity index (χ4v) is 4.46. The topological polar surface area (TPSA) is 99.5 Å². The number of Topliss-reactive ketones (excluding diaryl/α,β-unsaturated/α-hetero) is 1. The molecule has 0 aromatic heterocycles. The first-order valence-corrected chi connectivity index (χ1v) is 11.9. The SMILES string of the molecule is CCOc1cc(C2/C(=C(\O)c3cc(OC)ccc3Cl)C(=O)C(=O)N2c2ccc(N(C)C)cc2)ccc1O. The van der Waals surface area contributed by atoms with Gasteiger partial charge in [-0.3, -0.25) is 14.5 Å². The summed E-state index contributed by atoms with van der Waals surface area (Å²) < 4.78 is 10.8. The van der Waals surface area contributed by atoms with Crippen molar-refractivity contribution in [2.45, 2.75) is 13.0 Å². The molecule has 2 N–H and O–H groups in total. The van der Waals surface area contributed by atoms with Crippen molar-refractivity contribution in [1.29, 1.82) is 0 Å². The average Bonchev–Trinajstić information content (AvgIpc) is 3.15. The second-order valence-electron chi connectivity index (χ2n) is 8.59. The highest BCUT2D eigenvalue weighted by atomic mass is 35.5. The average molecular weight is 523 g/mol. The zero-order valence-corrected chi connectivity index (χ0v) is 21.6. The van der Waals surface area contributed by atoms with Gasteiger partial charge in [-0.25, -0.2) is 0 Å². The standard InChI is InChI=1S/C28H27ClN2O6/c1-5-37-23-14-16(6-13-22(23)32)25-24(26(33)20-15-19(36-4)11-12-21(20)29)27(34)28(35)31(25)18-9-7-17(8-10-18)30(2)3/h6-15,25,32-33H,5H2,1-4H3/b26-24+. The van der Waals surface area contributed by atoms with Crippen LogP contribution in [0.15, 0.2) is 66.2 Å². The maximum atomic E-state index is 13.4. The van der Waals surface area contributed by atoms with Crippen molar-refractivity contribution in [1.82, 2.24) is 0 Å². The molecule has 37 heavy (non-hydrogen) atoms. The minimum Gasteiger partial charge on any atom is -0.507 e. The fourth-order valence-electron chi connectivity index (χ4n) is 4.26. The van der Waals surface area contributed by atoms with Crippen LogP contribution >= 0.6 is 11.6 Å². The third-order valence-electron chi connectivity index (χ3n) is 6.12. The van der Waals surface area contributed by atoms with Crippen molar-refractivity contribution in [2.75, 3.05) is 37.6 Å². The highest BCUT2D eigenvalue weighted by molar-refractivity contribution is 6.52. The molecule has 1 saturated heterocycles. The summed E-state index contributed by atoms with van der Waals surface area (Å²) >= 11 is 6.37. The van der Waals surface area contributed by atoms with Gasteiger partial charge in [-0.05, 0) is 67.1 Å². The molecule has 1 heterocycles. The number of amides is 1. The van der Waals surface area contributed by atoms with Gasteiger partial charge in [0.15, 0.2) is 11.5 Å². The number of benzene rings is 3. The molecule has 1 amide bonds. The number of phenols is 1. The maximum absolute atomic E-state index is 13.4. The first kappa shape index (κ1) is 25.9. The third kappa shape index (κ3) is 4.80. The van der Waals surface area contributed by atoms with Crippen molar-refractivity contribution >= 4 is 40.4 Å². The Hall–Kier alpha value is -4.17. The third-order valence-corrected chi connectivity index (χ3v) is 6.45. The summed E-state index contributed by atoms with van der Waals surface area (Å²) in [6, 6.07) is 15.3. The number of methoxy groups -OCH3 is 1. The molecule has 8 nitrogen and oxygen atoms in total. The molecule has 4 rings (SSSR count). The summed E-state index contributed by atoms with van der Waals surface area (Å²) in [7, 11) is 5.25. The van der Waals surface area contributed by atoms with Crippen LogP contribution in [-0.2, 0) is 9.59 Å². The summed E-state index contributed by atoms with van der Waals surface area (Å²) in [6.07, 6.45) is 0. The summed E-state index contributed by atoms with van der Waals surface area (Å²) in [4.78, 5) is 30.1. The van der Waals surface area contributed by atoms with Gasteiger partial charge in [0.2, 0.25) is 0 Å². The first-order chi connectivity index (χ1) is 17.7. The van der Waals surface area contributed by atoms with Gasteiger partial charge in [-0.15, -0.1) is 0 Å². The quantitative estimate of drug-likeness (QED) is 0.251. The smallest absolute Gasteiger partial charge is 0.300 e. The van der Waals surface area contributed by atoms with Crippen molar-refractivity contribution in [3.05, 3.63) is 82.4 Å². The molecule has 0 radical (unpaired) electrons. The molecule has 9 heteroatoms. The largest absolute Gasteiger partial charge is 0.507 e. The number of aromatic hydroxyl groups is 1. The van der Waals surface area contributed by atoms with E-state index in [0.717, 1.165) is 5.69 Å².